The van der Waals surface area contributed by atoms with Crippen LogP contribution in [0.2, 0.25) is 0 Å². The van der Waals surface area contributed by atoms with E-state index in [1.165, 1.54) is 10.7 Å². The molecule has 2 aromatic rings. The van der Waals surface area contributed by atoms with Crippen LogP contribution < -0.4 is 16.2 Å². The second-order valence-electron chi connectivity index (χ2n) is 4.44. The molecule has 106 valence electrons. The lowest BCUT2D eigenvalue weighted by Crippen LogP contribution is -2.24. The van der Waals surface area contributed by atoms with Gasteiger partial charge in [-0.05, 0) is 24.7 Å². The molecule has 6 nitrogen and oxygen atoms in total. The summed E-state index contributed by atoms with van der Waals surface area (Å²) in [4.78, 5) is 11.9. The molecule has 0 spiro atoms. The highest BCUT2D eigenvalue weighted by molar-refractivity contribution is 5.38. The maximum atomic E-state index is 11.9. The number of nitrogens with one attached hydrogen (secondary N) is 2. The number of aromatic hydroxyl groups is 1. The minimum Gasteiger partial charge on any atom is -0.508 e. The Labute approximate surface area is 117 Å². The van der Waals surface area contributed by atoms with Crippen LogP contribution in [0, 0.1) is 0 Å². The molecule has 2 rings (SSSR count). The summed E-state index contributed by atoms with van der Waals surface area (Å²) in [5, 5.41) is 19.6. The molecule has 1 aromatic carbocycles. The van der Waals surface area contributed by atoms with E-state index in [4.69, 9.17) is 0 Å². The standard InChI is InChI=1S/C14H18N4O2/c1-15-5-6-16-12-8-14(20)18(17-9-12)10-11-3-2-4-13(19)7-11/h2-4,7-9,15-16,19H,5-6,10H2,1H3. The molecule has 0 bridgehead atoms. The number of phenolic OH excluding ortho intramolecular Hbond substituents is 1. The van der Waals surface area contributed by atoms with Crippen molar-refractivity contribution < 1.29 is 5.11 Å². The lowest BCUT2D eigenvalue weighted by Gasteiger charge is -2.08. The van der Waals surface area contributed by atoms with E-state index in [2.05, 4.69) is 15.7 Å². The number of benzene rings is 1. The van der Waals surface area contributed by atoms with Crippen molar-refractivity contribution in [2.24, 2.45) is 0 Å². The Kier molecular flexibility index (Phi) is 4.73. The van der Waals surface area contributed by atoms with Crippen molar-refractivity contribution in [2.45, 2.75) is 6.54 Å². The maximum Gasteiger partial charge on any atom is 0.269 e. The summed E-state index contributed by atoms with van der Waals surface area (Å²) in [5.41, 5.74) is 1.36. The molecule has 3 N–H and O–H groups in total. The van der Waals surface area contributed by atoms with Gasteiger partial charge in [0.2, 0.25) is 0 Å². The van der Waals surface area contributed by atoms with Gasteiger partial charge in [-0.1, -0.05) is 12.1 Å². The second kappa shape index (κ2) is 6.72. The first-order valence-electron chi connectivity index (χ1n) is 6.42. The quantitative estimate of drug-likeness (QED) is 0.673. The molecule has 0 aliphatic heterocycles. The minimum absolute atomic E-state index is 0.178. The zero-order valence-electron chi connectivity index (χ0n) is 11.3. The number of hydrogen-bond acceptors (Lipinski definition) is 5. The van der Waals surface area contributed by atoms with Crippen LogP contribution in [-0.4, -0.2) is 35.0 Å². The van der Waals surface area contributed by atoms with Crippen LogP contribution in [0.1, 0.15) is 5.56 Å². The highest BCUT2D eigenvalue weighted by Crippen LogP contribution is 2.11. The van der Waals surface area contributed by atoms with Crippen molar-refractivity contribution in [3.05, 3.63) is 52.4 Å². The Hall–Kier alpha value is -2.34. The summed E-state index contributed by atoms with van der Waals surface area (Å²) in [5.74, 6) is 0.181. The van der Waals surface area contributed by atoms with Gasteiger partial charge in [-0.3, -0.25) is 4.79 Å². The number of nitrogens with zero attached hydrogens (tertiary/aromatic N) is 2. The lowest BCUT2D eigenvalue weighted by molar-refractivity contribution is 0.474. The minimum atomic E-state index is -0.178. The third kappa shape index (κ3) is 3.83. The average molecular weight is 274 g/mol. The molecule has 0 fully saturated rings. The number of hydrogen-bond donors (Lipinski definition) is 3. The van der Waals surface area contributed by atoms with Crippen molar-refractivity contribution in [1.29, 1.82) is 0 Å². The van der Waals surface area contributed by atoms with Crippen LogP contribution in [0.3, 0.4) is 0 Å². The van der Waals surface area contributed by atoms with Crippen LogP contribution >= 0.6 is 0 Å². The van der Waals surface area contributed by atoms with E-state index >= 15 is 0 Å². The summed E-state index contributed by atoms with van der Waals surface area (Å²) in [6.45, 7) is 1.88. The van der Waals surface area contributed by atoms with Crippen molar-refractivity contribution in [3.63, 3.8) is 0 Å². The van der Waals surface area contributed by atoms with Gasteiger partial charge in [0, 0.05) is 19.2 Å². The summed E-state index contributed by atoms with van der Waals surface area (Å²) in [6, 6.07) is 8.31. The van der Waals surface area contributed by atoms with Crippen LogP contribution in [0.4, 0.5) is 5.69 Å². The van der Waals surface area contributed by atoms with Crippen molar-refractivity contribution in [3.8, 4) is 5.75 Å². The molecule has 0 unspecified atom stereocenters. The Morgan fingerprint density at radius 1 is 1.30 bits per heavy atom. The van der Waals surface area contributed by atoms with E-state index in [0.717, 1.165) is 18.7 Å². The smallest absolute Gasteiger partial charge is 0.269 e. The van der Waals surface area contributed by atoms with E-state index in [9.17, 15) is 9.90 Å². The van der Waals surface area contributed by atoms with Crippen LogP contribution in [0.25, 0.3) is 0 Å². The topological polar surface area (TPSA) is 79.2 Å². The summed E-state index contributed by atoms with van der Waals surface area (Å²) >= 11 is 0. The third-order valence-electron chi connectivity index (χ3n) is 2.82. The molecule has 6 heteroatoms. The average Bonchev–Trinajstić information content (AvgIpc) is 2.42. The van der Waals surface area contributed by atoms with Gasteiger partial charge in [-0.25, -0.2) is 4.68 Å². The molecule has 1 heterocycles. The van der Waals surface area contributed by atoms with E-state index in [0.29, 0.717) is 12.2 Å². The molecule has 1 aromatic heterocycles. The van der Waals surface area contributed by atoms with Crippen molar-refractivity contribution >= 4 is 5.69 Å². The summed E-state index contributed by atoms with van der Waals surface area (Å²) < 4.78 is 1.36. The third-order valence-corrected chi connectivity index (χ3v) is 2.82. The Bertz CT molecular complexity index is 625. The van der Waals surface area contributed by atoms with Gasteiger partial charge in [0.05, 0.1) is 18.4 Å². The molecule has 0 radical (unpaired) electrons. The van der Waals surface area contributed by atoms with Gasteiger partial charge in [-0.15, -0.1) is 0 Å². The molecular formula is C14H18N4O2. The zero-order chi connectivity index (χ0) is 14.4. The normalized spacial score (nSPS) is 10.4. The zero-order valence-corrected chi connectivity index (χ0v) is 11.3. The fourth-order valence-electron chi connectivity index (χ4n) is 1.81. The molecule has 20 heavy (non-hydrogen) atoms. The molecule has 0 atom stereocenters. The van der Waals surface area contributed by atoms with Crippen LogP contribution in [0.15, 0.2) is 41.3 Å². The Morgan fingerprint density at radius 2 is 2.15 bits per heavy atom. The highest BCUT2D eigenvalue weighted by Gasteiger charge is 2.02. The van der Waals surface area contributed by atoms with Crippen LogP contribution in [0.5, 0.6) is 5.75 Å². The van der Waals surface area contributed by atoms with Gasteiger partial charge >= 0.3 is 0 Å². The molecule has 0 aliphatic rings. The maximum absolute atomic E-state index is 11.9. The van der Waals surface area contributed by atoms with E-state index in [1.54, 1.807) is 24.4 Å². The predicted octanol–water partition coefficient (Wildman–Crippen LogP) is 0.628. The SMILES string of the molecule is CNCCNc1cnn(Cc2cccc(O)c2)c(=O)c1. The fraction of sp³-hybridized carbons (Fsp3) is 0.286. The van der Waals surface area contributed by atoms with Gasteiger partial charge in [-0.2, -0.15) is 5.10 Å². The lowest BCUT2D eigenvalue weighted by atomic mass is 10.2. The molecule has 0 saturated carbocycles. The Balaban J connectivity index is 2.08. The number of aromatic nitrogens is 2. The second-order valence-corrected chi connectivity index (χ2v) is 4.44. The van der Waals surface area contributed by atoms with Crippen molar-refractivity contribution in [1.82, 2.24) is 15.1 Å². The molecule has 0 aliphatic carbocycles. The number of rotatable bonds is 6. The predicted molar refractivity (Wildman–Crippen MR) is 78.1 cm³/mol. The van der Waals surface area contributed by atoms with Gasteiger partial charge in [0.25, 0.3) is 5.56 Å². The van der Waals surface area contributed by atoms with E-state index in [-0.39, 0.29) is 11.3 Å². The largest absolute Gasteiger partial charge is 0.508 e. The number of likely N-dealkylation sites (N-methyl/N-ethyl adjacent to an activating group) is 1. The molecule has 0 saturated heterocycles. The van der Waals surface area contributed by atoms with Gasteiger partial charge < -0.3 is 15.7 Å². The Morgan fingerprint density at radius 3 is 2.85 bits per heavy atom. The van der Waals surface area contributed by atoms with Gasteiger partial charge in [0.1, 0.15) is 5.75 Å². The summed E-state index contributed by atoms with van der Waals surface area (Å²) in [6.07, 6.45) is 1.62. The van der Waals surface area contributed by atoms with E-state index < -0.39 is 0 Å². The number of phenols is 1. The molecular weight excluding hydrogens is 256 g/mol. The first-order chi connectivity index (χ1) is 9.69. The van der Waals surface area contributed by atoms with Crippen LogP contribution in [-0.2, 0) is 6.54 Å². The van der Waals surface area contributed by atoms with E-state index in [1.807, 2.05) is 13.1 Å². The first-order valence-corrected chi connectivity index (χ1v) is 6.42. The molecule has 0 amide bonds. The summed E-state index contributed by atoms with van der Waals surface area (Å²) in [7, 11) is 1.87. The number of anilines is 1. The fourth-order valence-corrected chi connectivity index (χ4v) is 1.81. The monoisotopic (exact) mass is 274 g/mol. The van der Waals surface area contributed by atoms with Crippen molar-refractivity contribution in [2.75, 3.05) is 25.5 Å². The van der Waals surface area contributed by atoms with Gasteiger partial charge in [0.15, 0.2) is 0 Å². The highest BCUT2D eigenvalue weighted by atomic mass is 16.3. The first kappa shape index (κ1) is 14.1.